The number of methoxy groups -OCH3 is 1. The van der Waals surface area contributed by atoms with Crippen LogP contribution < -0.4 is 14.8 Å². The minimum Gasteiger partial charge on any atom is -0.495 e. The van der Waals surface area contributed by atoms with Gasteiger partial charge in [0.15, 0.2) is 0 Å². The van der Waals surface area contributed by atoms with E-state index in [1.54, 1.807) is 12.1 Å². The first-order valence-corrected chi connectivity index (χ1v) is 10.7. The summed E-state index contributed by atoms with van der Waals surface area (Å²) in [6, 6.07) is 13.7. The standard InChI is InChI=1S/C20H15Cl2FN2O4S/c1-29-19-9-6-12(10-16(19)22)25-30(27,28)13-7-8-18(17(23)11-13)24-20(26)14-4-2-3-5-15(14)21/h2-11,25H,1H3,(H,24,26). The van der Waals surface area contributed by atoms with Gasteiger partial charge in [-0.05, 0) is 48.5 Å². The first kappa shape index (κ1) is 21.9. The molecule has 0 atom stereocenters. The number of hydrogen-bond acceptors (Lipinski definition) is 4. The predicted molar refractivity (Wildman–Crippen MR) is 115 cm³/mol. The Morgan fingerprint density at radius 3 is 2.37 bits per heavy atom. The van der Waals surface area contributed by atoms with E-state index in [4.69, 9.17) is 27.9 Å². The van der Waals surface area contributed by atoms with Gasteiger partial charge >= 0.3 is 0 Å². The van der Waals surface area contributed by atoms with Crippen LogP contribution in [0.15, 0.2) is 65.6 Å². The first-order chi connectivity index (χ1) is 14.2. The van der Waals surface area contributed by atoms with Gasteiger partial charge < -0.3 is 10.1 Å². The van der Waals surface area contributed by atoms with E-state index in [0.29, 0.717) is 5.75 Å². The summed E-state index contributed by atoms with van der Waals surface area (Å²) in [5.41, 5.74) is 0.150. The van der Waals surface area contributed by atoms with E-state index in [9.17, 15) is 17.6 Å². The van der Waals surface area contributed by atoms with Crippen molar-refractivity contribution in [1.82, 2.24) is 0 Å². The molecule has 2 N–H and O–H groups in total. The number of nitrogens with one attached hydrogen (secondary N) is 2. The zero-order valence-corrected chi connectivity index (χ0v) is 17.8. The fraction of sp³-hybridized carbons (Fsp3) is 0.0500. The maximum Gasteiger partial charge on any atom is 0.261 e. The number of anilines is 2. The minimum atomic E-state index is -4.10. The molecule has 0 fully saturated rings. The second-order valence-corrected chi connectivity index (χ2v) is 8.53. The third kappa shape index (κ3) is 4.84. The van der Waals surface area contributed by atoms with Gasteiger partial charge in [-0.2, -0.15) is 0 Å². The quantitative estimate of drug-likeness (QED) is 0.520. The van der Waals surface area contributed by atoms with Crippen LogP contribution in [0.5, 0.6) is 5.75 Å². The molecule has 156 valence electrons. The van der Waals surface area contributed by atoms with Crippen molar-refractivity contribution in [1.29, 1.82) is 0 Å². The van der Waals surface area contributed by atoms with Gasteiger partial charge in [0.1, 0.15) is 11.6 Å². The fourth-order valence-electron chi connectivity index (χ4n) is 2.54. The second kappa shape index (κ2) is 8.91. The zero-order chi connectivity index (χ0) is 21.9. The van der Waals surface area contributed by atoms with Crippen LogP contribution in [-0.2, 0) is 10.0 Å². The molecule has 1 amide bonds. The van der Waals surface area contributed by atoms with Gasteiger partial charge in [-0.15, -0.1) is 0 Å². The number of carbonyl (C=O) groups is 1. The molecule has 6 nitrogen and oxygen atoms in total. The number of rotatable bonds is 6. The molecule has 0 bridgehead atoms. The molecular weight excluding hydrogens is 454 g/mol. The molecule has 3 aromatic rings. The Morgan fingerprint density at radius 1 is 1.00 bits per heavy atom. The highest BCUT2D eigenvalue weighted by atomic mass is 35.5. The number of ether oxygens (including phenoxy) is 1. The van der Waals surface area contributed by atoms with Gasteiger partial charge in [-0.3, -0.25) is 9.52 Å². The van der Waals surface area contributed by atoms with Gasteiger partial charge in [-0.1, -0.05) is 35.3 Å². The Kier molecular flexibility index (Phi) is 6.50. The molecule has 30 heavy (non-hydrogen) atoms. The molecule has 0 unspecified atom stereocenters. The summed E-state index contributed by atoms with van der Waals surface area (Å²) in [6.07, 6.45) is 0. The second-order valence-electron chi connectivity index (χ2n) is 6.03. The van der Waals surface area contributed by atoms with Crippen LogP contribution in [-0.4, -0.2) is 21.4 Å². The van der Waals surface area contributed by atoms with Crippen molar-refractivity contribution in [2.75, 3.05) is 17.1 Å². The van der Waals surface area contributed by atoms with Crippen molar-refractivity contribution in [3.8, 4) is 5.75 Å². The molecule has 0 heterocycles. The van der Waals surface area contributed by atoms with Crippen molar-refractivity contribution >= 4 is 50.5 Å². The Labute approximate surface area is 182 Å². The van der Waals surface area contributed by atoms with Gasteiger partial charge in [0, 0.05) is 0 Å². The Balaban J connectivity index is 1.81. The van der Waals surface area contributed by atoms with Crippen molar-refractivity contribution in [2.24, 2.45) is 0 Å². The first-order valence-electron chi connectivity index (χ1n) is 8.43. The van der Waals surface area contributed by atoms with Gasteiger partial charge in [0.05, 0.1) is 39.0 Å². The SMILES string of the molecule is COc1ccc(NS(=O)(=O)c2ccc(NC(=O)c3ccccc3Cl)c(F)c2)cc1Cl. The normalized spacial score (nSPS) is 11.1. The number of halogens is 3. The molecule has 0 radical (unpaired) electrons. The van der Waals surface area contributed by atoms with Gasteiger partial charge in [0.25, 0.3) is 15.9 Å². The van der Waals surface area contributed by atoms with Crippen LogP contribution in [0.3, 0.4) is 0 Å². The van der Waals surface area contributed by atoms with Crippen LogP contribution in [0, 0.1) is 5.82 Å². The summed E-state index contributed by atoms with van der Waals surface area (Å²) in [7, 11) is -2.67. The maximum absolute atomic E-state index is 14.5. The largest absolute Gasteiger partial charge is 0.495 e. The summed E-state index contributed by atoms with van der Waals surface area (Å²) in [5.74, 6) is -1.17. The molecule has 0 spiro atoms. The average molecular weight is 469 g/mol. The molecule has 0 aliphatic heterocycles. The third-order valence-corrected chi connectivity index (χ3v) is 6.03. The topological polar surface area (TPSA) is 84.5 Å². The number of amides is 1. The highest BCUT2D eigenvalue weighted by Gasteiger charge is 2.19. The van der Waals surface area contributed by atoms with Crippen LogP contribution in [0.25, 0.3) is 0 Å². The van der Waals surface area contributed by atoms with E-state index < -0.39 is 21.7 Å². The van der Waals surface area contributed by atoms with E-state index in [1.165, 1.54) is 43.5 Å². The monoisotopic (exact) mass is 468 g/mol. The number of benzene rings is 3. The van der Waals surface area contributed by atoms with Crippen LogP contribution in [0.2, 0.25) is 10.0 Å². The van der Waals surface area contributed by atoms with Crippen molar-refractivity contribution in [3.05, 3.63) is 82.1 Å². The lowest BCUT2D eigenvalue weighted by molar-refractivity contribution is 0.102. The van der Waals surface area contributed by atoms with Gasteiger partial charge in [-0.25, -0.2) is 12.8 Å². The van der Waals surface area contributed by atoms with Crippen molar-refractivity contribution in [2.45, 2.75) is 4.90 Å². The highest BCUT2D eigenvalue weighted by Crippen LogP contribution is 2.29. The number of carbonyl (C=O) groups excluding carboxylic acids is 1. The molecule has 3 aromatic carbocycles. The van der Waals surface area contributed by atoms with E-state index in [2.05, 4.69) is 10.0 Å². The highest BCUT2D eigenvalue weighted by molar-refractivity contribution is 7.92. The van der Waals surface area contributed by atoms with E-state index in [0.717, 1.165) is 12.1 Å². The predicted octanol–water partition coefficient (Wildman–Crippen LogP) is 5.19. The number of hydrogen-bond donors (Lipinski definition) is 2. The smallest absolute Gasteiger partial charge is 0.261 e. The Hall–Kier alpha value is -2.81. The molecule has 10 heteroatoms. The summed E-state index contributed by atoms with van der Waals surface area (Å²) in [6.45, 7) is 0. The Morgan fingerprint density at radius 2 is 1.73 bits per heavy atom. The van der Waals surface area contributed by atoms with Crippen LogP contribution >= 0.6 is 23.2 Å². The molecule has 0 aromatic heterocycles. The van der Waals surface area contributed by atoms with Crippen LogP contribution in [0.1, 0.15) is 10.4 Å². The maximum atomic E-state index is 14.5. The summed E-state index contributed by atoms with van der Waals surface area (Å²) in [5, 5.41) is 2.79. The van der Waals surface area contributed by atoms with Crippen molar-refractivity contribution in [3.63, 3.8) is 0 Å². The molecule has 0 aliphatic rings. The lowest BCUT2D eigenvalue weighted by Crippen LogP contribution is -2.15. The zero-order valence-electron chi connectivity index (χ0n) is 15.4. The van der Waals surface area contributed by atoms with E-state index in [1.807, 2.05) is 0 Å². The summed E-state index contributed by atoms with van der Waals surface area (Å²) in [4.78, 5) is 11.9. The molecule has 0 saturated heterocycles. The fourth-order valence-corrected chi connectivity index (χ4v) is 4.08. The lowest BCUT2D eigenvalue weighted by atomic mass is 10.2. The summed E-state index contributed by atoms with van der Waals surface area (Å²) >= 11 is 11.9. The number of sulfonamides is 1. The molecule has 0 saturated carbocycles. The van der Waals surface area contributed by atoms with E-state index >= 15 is 0 Å². The molecule has 3 rings (SSSR count). The van der Waals surface area contributed by atoms with Crippen LogP contribution in [0.4, 0.5) is 15.8 Å². The Bertz CT molecular complexity index is 1220. The minimum absolute atomic E-state index is 0.160. The van der Waals surface area contributed by atoms with Gasteiger partial charge in [0.2, 0.25) is 0 Å². The molecular formula is C20H15Cl2FN2O4S. The average Bonchev–Trinajstić information content (AvgIpc) is 2.69. The van der Waals surface area contributed by atoms with E-state index in [-0.39, 0.29) is 31.9 Å². The van der Waals surface area contributed by atoms with Crippen molar-refractivity contribution < 1.29 is 22.3 Å². The molecule has 0 aliphatic carbocycles. The summed E-state index contributed by atoms with van der Waals surface area (Å²) < 4.78 is 46.9. The third-order valence-electron chi connectivity index (χ3n) is 4.02. The lowest BCUT2D eigenvalue weighted by Gasteiger charge is -2.12.